The van der Waals surface area contributed by atoms with Gasteiger partial charge in [0.05, 0.1) is 5.69 Å². The van der Waals surface area contributed by atoms with Crippen LogP contribution in [-0.2, 0) is 0 Å². The molecule has 0 aliphatic rings. The van der Waals surface area contributed by atoms with Crippen LogP contribution in [0.2, 0.25) is 0 Å². The molecule has 56 valence electrons. The number of H-pyrrole nitrogens is 1. The molecule has 0 spiro atoms. The maximum Gasteiger partial charge on any atom is 0.139 e. The molecule has 3 heteroatoms. The molecule has 1 aromatic carbocycles. The van der Waals surface area contributed by atoms with Crippen molar-refractivity contribution < 1.29 is 5.11 Å². The Morgan fingerprint density at radius 3 is 2.91 bits per heavy atom. The Labute approximate surface area is 63.5 Å². The summed E-state index contributed by atoms with van der Waals surface area (Å²) in [5, 5.41) is 10.1. The van der Waals surface area contributed by atoms with Crippen LogP contribution in [0, 0.1) is 0 Å². The minimum Gasteiger partial charge on any atom is -0.506 e. The van der Waals surface area contributed by atoms with Crippen LogP contribution in [-0.4, -0.2) is 10.1 Å². The van der Waals surface area contributed by atoms with E-state index in [9.17, 15) is 5.11 Å². The Balaban J connectivity index is 2.93. The van der Waals surface area contributed by atoms with Gasteiger partial charge in [-0.05, 0) is 18.2 Å². The number of phenolic OH excluding ortho intramolecular Hbond substituents is 1. The maximum atomic E-state index is 9.20. The molecule has 0 aliphatic heterocycles. The monoisotopic (exact) mass is 148 g/mol. The largest absolute Gasteiger partial charge is 0.506 e. The van der Waals surface area contributed by atoms with Gasteiger partial charge in [-0.1, -0.05) is 0 Å². The summed E-state index contributed by atoms with van der Waals surface area (Å²) in [6.45, 7) is 0. The van der Waals surface area contributed by atoms with Gasteiger partial charge in [0.2, 0.25) is 0 Å². The molecule has 2 rings (SSSR count). The minimum absolute atomic E-state index is 0.136. The fourth-order valence-corrected chi connectivity index (χ4v) is 1.15. The molecule has 0 radical (unpaired) electrons. The first-order chi connectivity index (χ1) is 5.29. The van der Waals surface area contributed by atoms with E-state index >= 15 is 0 Å². The Bertz CT molecular complexity index is 392. The van der Waals surface area contributed by atoms with E-state index in [-0.39, 0.29) is 5.75 Å². The summed E-state index contributed by atoms with van der Waals surface area (Å²) in [6, 6.07) is 5.21. The third kappa shape index (κ3) is 0.741. The molecule has 0 fully saturated rings. The number of nitrogens with two attached hydrogens (primary N) is 1. The lowest BCUT2D eigenvalue weighted by molar-refractivity contribution is 0.478. The second kappa shape index (κ2) is 1.92. The lowest BCUT2D eigenvalue weighted by Crippen LogP contribution is -1.85. The van der Waals surface area contributed by atoms with E-state index in [2.05, 4.69) is 4.98 Å². The SMILES string of the molecule is Nc1c(O)ccc2[nH]ccc12. The van der Waals surface area contributed by atoms with Gasteiger partial charge in [0.1, 0.15) is 5.75 Å². The second-order valence-electron chi connectivity index (χ2n) is 2.44. The number of hydrogen-bond donors (Lipinski definition) is 3. The van der Waals surface area contributed by atoms with Gasteiger partial charge in [-0.15, -0.1) is 0 Å². The highest BCUT2D eigenvalue weighted by Gasteiger charge is 2.01. The van der Waals surface area contributed by atoms with Gasteiger partial charge < -0.3 is 15.8 Å². The van der Waals surface area contributed by atoms with Crippen LogP contribution in [0.1, 0.15) is 0 Å². The van der Waals surface area contributed by atoms with Crippen LogP contribution in [0.15, 0.2) is 24.4 Å². The van der Waals surface area contributed by atoms with Crippen molar-refractivity contribution in [3.63, 3.8) is 0 Å². The molecule has 0 saturated carbocycles. The van der Waals surface area contributed by atoms with E-state index < -0.39 is 0 Å². The number of aromatic nitrogens is 1. The number of rotatable bonds is 0. The first-order valence-electron chi connectivity index (χ1n) is 3.33. The van der Waals surface area contributed by atoms with Crippen LogP contribution < -0.4 is 5.73 Å². The predicted molar refractivity (Wildman–Crippen MR) is 44.4 cm³/mol. The Hall–Kier alpha value is -1.64. The molecule has 0 amide bonds. The molecule has 0 aliphatic carbocycles. The molecule has 11 heavy (non-hydrogen) atoms. The van der Waals surface area contributed by atoms with E-state index in [1.54, 1.807) is 18.3 Å². The van der Waals surface area contributed by atoms with Crippen molar-refractivity contribution in [2.75, 3.05) is 5.73 Å². The van der Waals surface area contributed by atoms with Crippen LogP contribution in [0.25, 0.3) is 10.9 Å². The molecular formula is C8H8N2O. The number of nitrogens with one attached hydrogen (secondary N) is 1. The van der Waals surface area contributed by atoms with Crippen LogP contribution in [0.3, 0.4) is 0 Å². The molecule has 1 heterocycles. The highest BCUT2D eigenvalue weighted by molar-refractivity contribution is 5.93. The first-order valence-corrected chi connectivity index (χ1v) is 3.33. The van der Waals surface area contributed by atoms with Gasteiger partial charge in [0, 0.05) is 17.1 Å². The third-order valence-electron chi connectivity index (χ3n) is 1.75. The Morgan fingerprint density at radius 1 is 1.27 bits per heavy atom. The lowest BCUT2D eigenvalue weighted by Gasteiger charge is -1.98. The normalized spacial score (nSPS) is 10.5. The van der Waals surface area contributed by atoms with E-state index in [0.717, 1.165) is 10.9 Å². The van der Waals surface area contributed by atoms with Gasteiger partial charge in [0.15, 0.2) is 0 Å². The number of anilines is 1. The molecule has 0 saturated heterocycles. The number of benzene rings is 1. The highest BCUT2D eigenvalue weighted by Crippen LogP contribution is 2.28. The molecule has 0 atom stereocenters. The van der Waals surface area contributed by atoms with E-state index in [0.29, 0.717) is 5.69 Å². The van der Waals surface area contributed by atoms with Gasteiger partial charge in [-0.3, -0.25) is 0 Å². The van der Waals surface area contributed by atoms with Crippen LogP contribution in [0.5, 0.6) is 5.75 Å². The van der Waals surface area contributed by atoms with Gasteiger partial charge in [0.25, 0.3) is 0 Å². The Kier molecular flexibility index (Phi) is 1.06. The van der Waals surface area contributed by atoms with Crippen molar-refractivity contribution in [3.05, 3.63) is 24.4 Å². The van der Waals surface area contributed by atoms with Crippen LogP contribution in [0.4, 0.5) is 5.69 Å². The molecule has 4 N–H and O–H groups in total. The third-order valence-corrected chi connectivity index (χ3v) is 1.75. The molecular weight excluding hydrogens is 140 g/mol. The number of hydrogen-bond acceptors (Lipinski definition) is 2. The fourth-order valence-electron chi connectivity index (χ4n) is 1.15. The standard InChI is InChI=1S/C8H8N2O/c9-8-5-3-4-10-6(5)1-2-7(8)11/h1-4,10-11H,9H2. The minimum atomic E-state index is 0.136. The van der Waals surface area contributed by atoms with E-state index in [1.165, 1.54) is 0 Å². The number of aromatic hydroxyl groups is 1. The summed E-state index contributed by atoms with van der Waals surface area (Å²) in [6.07, 6.45) is 1.79. The van der Waals surface area contributed by atoms with Gasteiger partial charge in [-0.25, -0.2) is 0 Å². The summed E-state index contributed by atoms with van der Waals surface area (Å²) in [5.41, 5.74) is 6.97. The van der Waals surface area contributed by atoms with Crippen LogP contribution >= 0.6 is 0 Å². The highest BCUT2D eigenvalue weighted by atomic mass is 16.3. The number of aromatic amines is 1. The fraction of sp³-hybridized carbons (Fsp3) is 0. The predicted octanol–water partition coefficient (Wildman–Crippen LogP) is 1.46. The zero-order valence-corrected chi connectivity index (χ0v) is 5.83. The van der Waals surface area contributed by atoms with Crippen molar-refractivity contribution in [1.29, 1.82) is 0 Å². The number of phenols is 1. The van der Waals surface area contributed by atoms with Crippen molar-refractivity contribution in [1.82, 2.24) is 4.98 Å². The van der Waals surface area contributed by atoms with Gasteiger partial charge in [-0.2, -0.15) is 0 Å². The van der Waals surface area contributed by atoms with Crippen molar-refractivity contribution in [3.8, 4) is 5.75 Å². The second-order valence-corrected chi connectivity index (χ2v) is 2.44. The summed E-state index contributed by atoms with van der Waals surface area (Å²) in [7, 11) is 0. The molecule has 1 aromatic heterocycles. The van der Waals surface area contributed by atoms with Crippen molar-refractivity contribution >= 4 is 16.6 Å². The average Bonchev–Trinajstić information content (AvgIpc) is 2.45. The summed E-state index contributed by atoms with van der Waals surface area (Å²) in [4.78, 5) is 3.00. The van der Waals surface area contributed by atoms with Crippen molar-refractivity contribution in [2.45, 2.75) is 0 Å². The molecule has 3 nitrogen and oxygen atoms in total. The van der Waals surface area contributed by atoms with E-state index in [4.69, 9.17) is 5.73 Å². The van der Waals surface area contributed by atoms with E-state index in [1.807, 2.05) is 6.07 Å². The topological polar surface area (TPSA) is 62.0 Å². The number of fused-ring (bicyclic) bond motifs is 1. The number of nitrogen functional groups attached to an aromatic ring is 1. The average molecular weight is 148 g/mol. The molecule has 0 bridgehead atoms. The molecule has 0 unspecified atom stereocenters. The zero-order chi connectivity index (χ0) is 7.84. The first kappa shape index (κ1) is 6.09. The summed E-state index contributed by atoms with van der Waals surface area (Å²) in [5.74, 6) is 0.136. The lowest BCUT2D eigenvalue weighted by atomic mass is 10.2. The smallest absolute Gasteiger partial charge is 0.139 e. The zero-order valence-electron chi connectivity index (χ0n) is 5.83. The Morgan fingerprint density at radius 2 is 2.09 bits per heavy atom. The van der Waals surface area contributed by atoms with Crippen molar-refractivity contribution in [2.24, 2.45) is 0 Å². The molecule has 2 aromatic rings. The summed E-state index contributed by atoms with van der Waals surface area (Å²) < 4.78 is 0. The quantitative estimate of drug-likeness (QED) is 0.391. The maximum absolute atomic E-state index is 9.20. The van der Waals surface area contributed by atoms with Gasteiger partial charge >= 0.3 is 0 Å². The summed E-state index contributed by atoms with van der Waals surface area (Å²) >= 11 is 0.